The van der Waals surface area contributed by atoms with Crippen molar-refractivity contribution in [2.75, 3.05) is 33.4 Å². The maximum Gasteiger partial charge on any atom is 0.225 e. The van der Waals surface area contributed by atoms with Crippen molar-refractivity contribution in [3.63, 3.8) is 0 Å². The molecule has 1 unspecified atom stereocenters. The van der Waals surface area contributed by atoms with Crippen molar-refractivity contribution < 1.29 is 14.3 Å². The van der Waals surface area contributed by atoms with Crippen LogP contribution in [0.15, 0.2) is 24.3 Å². The summed E-state index contributed by atoms with van der Waals surface area (Å²) in [6.07, 6.45) is 1.80. The molecular weight excluding hydrogens is 292 g/mol. The summed E-state index contributed by atoms with van der Waals surface area (Å²) in [4.78, 5) is 14.8. The molecule has 0 bridgehead atoms. The van der Waals surface area contributed by atoms with E-state index < -0.39 is 0 Å². The molecule has 2 saturated heterocycles. The van der Waals surface area contributed by atoms with E-state index in [0.717, 1.165) is 30.7 Å². The van der Waals surface area contributed by atoms with Gasteiger partial charge < -0.3 is 19.7 Å². The Morgan fingerprint density at radius 1 is 1.43 bits per heavy atom. The zero-order valence-electron chi connectivity index (χ0n) is 14.0. The van der Waals surface area contributed by atoms with Gasteiger partial charge in [0.15, 0.2) is 0 Å². The number of carbonyl (C=O) groups excluding carboxylic acids is 1. The summed E-state index contributed by atoms with van der Waals surface area (Å²) < 4.78 is 11.2. The molecule has 0 radical (unpaired) electrons. The molecule has 0 spiro atoms. The van der Waals surface area contributed by atoms with Gasteiger partial charge in [0.05, 0.1) is 20.3 Å². The van der Waals surface area contributed by atoms with Crippen molar-refractivity contribution in [1.29, 1.82) is 0 Å². The Balaban J connectivity index is 1.66. The molecule has 3 atom stereocenters. The molecule has 1 aromatic carbocycles. The SMILES string of the molecule is COc1cccc(C2CN(C(=O)[C@H]3CCN[C@@H](C)C3)CCO2)c1. The van der Waals surface area contributed by atoms with Crippen LogP contribution in [-0.4, -0.2) is 50.2 Å². The van der Waals surface area contributed by atoms with E-state index in [1.807, 2.05) is 29.2 Å². The summed E-state index contributed by atoms with van der Waals surface area (Å²) in [7, 11) is 1.66. The van der Waals surface area contributed by atoms with E-state index >= 15 is 0 Å². The normalized spacial score (nSPS) is 28.4. The molecule has 0 aromatic heterocycles. The smallest absolute Gasteiger partial charge is 0.225 e. The zero-order valence-corrected chi connectivity index (χ0v) is 14.0. The van der Waals surface area contributed by atoms with Crippen molar-refractivity contribution in [1.82, 2.24) is 10.2 Å². The first-order valence-electron chi connectivity index (χ1n) is 8.45. The number of amides is 1. The predicted octanol–water partition coefficient (Wildman–Crippen LogP) is 1.98. The van der Waals surface area contributed by atoms with Gasteiger partial charge in [0.25, 0.3) is 0 Å². The molecule has 2 heterocycles. The molecule has 126 valence electrons. The van der Waals surface area contributed by atoms with E-state index in [1.165, 1.54) is 0 Å². The summed E-state index contributed by atoms with van der Waals surface area (Å²) in [5.41, 5.74) is 1.07. The van der Waals surface area contributed by atoms with Crippen LogP contribution in [-0.2, 0) is 9.53 Å². The van der Waals surface area contributed by atoms with Gasteiger partial charge in [-0.15, -0.1) is 0 Å². The molecule has 0 aliphatic carbocycles. The second-order valence-corrected chi connectivity index (χ2v) is 6.50. The van der Waals surface area contributed by atoms with Gasteiger partial charge in [-0.25, -0.2) is 0 Å². The number of hydrogen-bond donors (Lipinski definition) is 1. The highest BCUT2D eigenvalue weighted by Gasteiger charge is 2.32. The lowest BCUT2D eigenvalue weighted by molar-refractivity contribution is -0.144. The Kier molecular flexibility index (Phi) is 5.18. The number of rotatable bonds is 3. The van der Waals surface area contributed by atoms with Gasteiger partial charge >= 0.3 is 0 Å². The van der Waals surface area contributed by atoms with Crippen LogP contribution < -0.4 is 10.1 Å². The Morgan fingerprint density at radius 3 is 3.09 bits per heavy atom. The first-order valence-corrected chi connectivity index (χ1v) is 8.45. The minimum Gasteiger partial charge on any atom is -0.497 e. The number of hydrogen-bond acceptors (Lipinski definition) is 4. The van der Waals surface area contributed by atoms with E-state index in [2.05, 4.69) is 12.2 Å². The number of morpholine rings is 1. The first-order chi connectivity index (χ1) is 11.2. The molecule has 2 aliphatic rings. The standard InChI is InChI=1S/C18H26N2O3/c1-13-10-15(6-7-19-13)18(21)20-8-9-23-17(12-20)14-4-3-5-16(11-14)22-2/h3-5,11,13,15,17,19H,6-10,12H2,1-2H3/t13-,15-,17?/m0/s1. The number of nitrogens with zero attached hydrogens (tertiary/aromatic N) is 1. The summed E-state index contributed by atoms with van der Waals surface area (Å²) >= 11 is 0. The lowest BCUT2D eigenvalue weighted by atomic mass is 9.91. The molecule has 5 heteroatoms. The van der Waals surface area contributed by atoms with Crippen molar-refractivity contribution in [2.24, 2.45) is 5.92 Å². The lowest BCUT2D eigenvalue weighted by Gasteiger charge is -2.37. The predicted molar refractivity (Wildman–Crippen MR) is 88.5 cm³/mol. The third-order valence-corrected chi connectivity index (χ3v) is 4.82. The van der Waals surface area contributed by atoms with Gasteiger partial charge in [-0.3, -0.25) is 4.79 Å². The molecule has 23 heavy (non-hydrogen) atoms. The minimum atomic E-state index is -0.0676. The molecule has 5 nitrogen and oxygen atoms in total. The Hall–Kier alpha value is -1.59. The van der Waals surface area contributed by atoms with Crippen LogP contribution in [0.3, 0.4) is 0 Å². The maximum absolute atomic E-state index is 12.8. The number of carbonyl (C=O) groups is 1. The number of ether oxygens (including phenoxy) is 2. The van der Waals surface area contributed by atoms with Crippen LogP contribution >= 0.6 is 0 Å². The molecule has 3 rings (SSSR count). The van der Waals surface area contributed by atoms with E-state index in [4.69, 9.17) is 9.47 Å². The number of methoxy groups -OCH3 is 1. The fourth-order valence-electron chi connectivity index (χ4n) is 3.51. The van der Waals surface area contributed by atoms with Gasteiger partial charge in [-0.05, 0) is 44.0 Å². The van der Waals surface area contributed by atoms with Crippen LogP contribution in [0.2, 0.25) is 0 Å². The molecular formula is C18H26N2O3. The van der Waals surface area contributed by atoms with Crippen molar-refractivity contribution in [3.05, 3.63) is 29.8 Å². The maximum atomic E-state index is 12.8. The first kappa shape index (κ1) is 16.3. The summed E-state index contributed by atoms with van der Waals surface area (Å²) in [5.74, 6) is 1.26. The van der Waals surface area contributed by atoms with Crippen LogP contribution in [0, 0.1) is 5.92 Å². The highest BCUT2D eigenvalue weighted by Crippen LogP contribution is 2.27. The fourth-order valence-corrected chi connectivity index (χ4v) is 3.51. The van der Waals surface area contributed by atoms with Crippen molar-refractivity contribution in [2.45, 2.75) is 31.9 Å². The topological polar surface area (TPSA) is 50.8 Å². The minimum absolute atomic E-state index is 0.0676. The quantitative estimate of drug-likeness (QED) is 0.926. The summed E-state index contributed by atoms with van der Waals surface area (Å²) in [6.45, 7) is 5.00. The Morgan fingerprint density at radius 2 is 2.30 bits per heavy atom. The van der Waals surface area contributed by atoms with Gasteiger partial charge in [-0.2, -0.15) is 0 Å². The average molecular weight is 318 g/mol. The largest absolute Gasteiger partial charge is 0.497 e. The van der Waals surface area contributed by atoms with E-state index in [1.54, 1.807) is 7.11 Å². The van der Waals surface area contributed by atoms with Gasteiger partial charge in [0.1, 0.15) is 11.9 Å². The van der Waals surface area contributed by atoms with E-state index in [0.29, 0.717) is 25.7 Å². The molecule has 1 amide bonds. The van der Waals surface area contributed by atoms with Crippen molar-refractivity contribution in [3.8, 4) is 5.75 Å². The van der Waals surface area contributed by atoms with E-state index in [9.17, 15) is 4.79 Å². The second-order valence-electron chi connectivity index (χ2n) is 6.50. The number of piperidine rings is 1. The van der Waals surface area contributed by atoms with Crippen LogP contribution in [0.1, 0.15) is 31.4 Å². The number of benzene rings is 1. The van der Waals surface area contributed by atoms with Crippen molar-refractivity contribution >= 4 is 5.91 Å². The Labute approximate surface area is 137 Å². The third-order valence-electron chi connectivity index (χ3n) is 4.82. The zero-order chi connectivity index (χ0) is 16.2. The van der Waals surface area contributed by atoms with Crippen LogP contribution in [0.4, 0.5) is 0 Å². The monoisotopic (exact) mass is 318 g/mol. The molecule has 1 N–H and O–H groups in total. The van der Waals surface area contributed by atoms with E-state index in [-0.39, 0.29) is 17.9 Å². The molecule has 0 saturated carbocycles. The van der Waals surface area contributed by atoms with Gasteiger partial charge in [0.2, 0.25) is 5.91 Å². The second kappa shape index (κ2) is 7.32. The third kappa shape index (κ3) is 3.85. The fraction of sp³-hybridized carbons (Fsp3) is 0.611. The Bertz CT molecular complexity index is 549. The molecule has 2 aliphatic heterocycles. The van der Waals surface area contributed by atoms with Crippen LogP contribution in [0.25, 0.3) is 0 Å². The average Bonchev–Trinajstić information content (AvgIpc) is 2.61. The number of nitrogens with one attached hydrogen (secondary N) is 1. The lowest BCUT2D eigenvalue weighted by Crippen LogP contribution is -2.48. The van der Waals surface area contributed by atoms with Gasteiger partial charge in [0, 0.05) is 18.5 Å². The highest BCUT2D eigenvalue weighted by atomic mass is 16.5. The molecule has 1 aromatic rings. The molecule has 2 fully saturated rings. The van der Waals surface area contributed by atoms with Crippen LogP contribution in [0.5, 0.6) is 5.75 Å². The summed E-state index contributed by atoms with van der Waals surface area (Å²) in [5, 5.41) is 3.41. The summed E-state index contributed by atoms with van der Waals surface area (Å²) in [6, 6.07) is 8.34. The van der Waals surface area contributed by atoms with Gasteiger partial charge in [-0.1, -0.05) is 12.1 Å². The highest BCUT2D eigenvalue weighted by molar-refractivity contribution is 5.79.